The molecule has 1 heterocycles. The van der Waals surface area contributed by atoms with Gasteiger partial charge in [0.1, 0.15) is 11.6 Å². The predicted molar refractivity (Wildman–Crippen MR) is 69.5 cm³/mol. The van der Waals surface area contributed by atoms with E-state index in [1.54, 1.807) is 11.8 Å². The van der Waals surface area contributed by atoms with Gasteiger partial charge in [0.2, 0.25) is 0 Å². The van der Waals surface area contributed by atoms with Crippen molar-refractivity contribution in [3.63, 3.8) is 0 Å². The number of benzene rings is 1. The van der Waals surface area contributed by atoms with Crippen LogP contribution in [-0.4, -0.2) is 22.4 Å². The molecule has 1 N–H and O–H groups in total. The summed E-state index contributed by atoms with van der Waals surface area (Å²) in [5, 5.41) is 10.2. The van der Waals surface area contributed by atoms with Crippen LogP contribution in [0.4, 0.5) is 4.39 Å². The van der Waals surface area contributed by atoms with Crippen molar-refractivity contribution < 1.29 is 14.3 Å². The SMILES string of the molecule is O=C1CCSC[C@H]1[C@@H](O)c1ccc(F)c(Br)c1. The summed E-state index contributed by atoms with van der Waals surface area (Å²) in [5.41, 5.74) is 0.583. The lowest BCUT2D eigenvalue weighted by molar-refractivity contribution is -0.125. The summed E-state index contributed by atoms with van der Waals surface area (Å²) in [5.74, 6) is 0.817. The molecule has 0 spiro atoms. The maximum atomic E-state index is 13.1. The molecule has 2 atom stereocenters. The van der Waals surface area contributed by atoms with Crippen LogP contribution >= 0.6 is 27.7 Å². The smallest absolute Gasteiger partial charge is 0.140 e. The maximum absolute atomic E-state index is 13.1. The van der Waals surface area contributed by atoms with E-state index in [0.29, 0.717) is 22.2 Å². The summed E-state index contributed by atoms with van der Waals surface area (Å²) < 4.78 is 13.4. The molecule has 1 fully saturated rings. The minimum absolute atomic E-state index is 0.0942. The van der Waals surface area contributed by atoms with E-state index in [1.165, 1.54) is 18.2 Å². The van der Waals surface area contributed by atoms with Gasteiger partial charge < -0.3 is 5.11 Å². The van der Waals surface area contributed by atoms with Crippen LogP contribution in [0.15, 0.2) is 22.7 Å². The summed E-state index contributed by atoms with van der Waals surface area (Å²) in [6, 6.07) is 4.35. The van der Waals surface area contributed by atoms with E-state index in [1.807, 2.05) is 0 Å². The number of halogens is 2. The zero-order valence-electron chi connectivity index (χ0n) is 9.03. The highest BCUT2D eigenvalue weighted by Crippen LogP contribution is 2.32. The molecule has 0 radical (unpaired) electrons. The fraction of sp³-hybridized carbons (Fsp3) is 0.417. The number of carbonyl (C=O) groups excluding carboxylic acids is 1. The molecular formula is C12H12BrFO2S. The molecule has 0 aliphatic carbocycles. The Labute approximate surface area is 112 Å². The number of thioether (sulfide) groups is 1. The first-order chi connectivity index (χ1) is 8.09. The first-order valence-corrected chi connectivity index (χ1v) is 7.28. The molecule has 17 heavy (non-hydrogen) atoms. The van der Waals surface area contributed by atoms with E-state index in [2.05, 4.69) is 15.9 Å². The van der Waals surface area contributed by atoms with E-state index in [9.17, 15) is 14.3 Å². The molecule has 92 valence electrons. The van der Waals surface area contributed by atoms with E-state index in [-0.39, 0.29) is 17.5 Å². The fourth-order valence-corrected chi connectivity index (χ4v) is 3.39. The highest BCUT2D eigenvalue weighted by molar-refractivity contribution is 9.10. The average Bonchev–Trinajstić information content (AvgIpc) is 2.32. The third-order valence-corrected chi connectivity index (χ3v) is 4.57. The van der Waals surface area contributed by atoms with Crippen molar-refractivity contribution in [2.75, 3.05) is 11.5 Å². The van der Waals surface area contributed by atoms with Gasteiger partial charge in [-0.25, -0.2) is 4.39 Å². The Hall–Kier alpha value is -0.390. The second-order valence-corrected chi connectivity index (χ2v) is 6.02. The van der Waals surface area contributed by atoms with E-state index >= 15 is 0 Å². The quantitative estimate of drug-likeness (QED) is 0.911. The van der Waals surface area contributed by atoms with Crippen molar-refractivity contribution in [3.8, 4) is 0 Å². The number of rotatable bonds is 2. The van der Waals surface area contributed by atoms with Crippen molar-refractivity contribution in [1.29, 1.82) is 0 Å². The van der Waals surface area contributed by atoms with E-state index in [0.717, 1.165) is 5.75 Å². The molecule has 1 saturated heterocycles. The molecule has 0 unspecified atom stereocenters. The number of aliphatic hydroxyl groups excluding tert-OH is 1. The Balaban J connectivity index is 2.20. The van der Waals surface area contributed by atoms with Crippen molar-refractivity contribution in [1.82, 2.24) is 0 Å². The van der Waals surface area contributed by atoms with Gasteiger partial charge in [0.25, 0.3) is 0 Å². The van der Waals surface area contributed by atoms with Crippen LogP contribution in [0.1, 0.15) is 18.1 Å². The van der Waals surface area contributed by atoms with Crippen LogP contribution in [0.5, 0.6) is 0 Å². The number of hydrogen-bond donors (Lipinski definition) is 1. The first kappa shape index (κ1) is 13.1. The summed E-state index contributed by atoms with van der Waals surface area (Å²) in [6.45, 7) is 0. The van der Waals surface area contributed by atoms with Gasteiger partial charge in [-0.15, -0.1) is 0 Å². The molecule has 1 aliphatic heterocycles. The monoisotopic (exact) mass is 318 g/mol. The summed E-state index contributed by atoms with van der Waals surface area (Å²) >= 11 is 4.75. The minimum Gasteiger partial charge on any atom is -0.388 e. The topological polar surface area (TPSA) is 37.3 Å². The van der Waals surface area contributed by atoms with Gasteiger partial charge in [0.15, 0.2) is 0 Å². The molecule has 2 nitrogen and oxygen atoms in total. The Morgan fingerprint density at radius 2 is 2.29 bits per heavy atom. The van der Waals surface area contributed by atoms with Crippen molar-refractivity contribution in [3.05, 3.63) is 34.1 Å². The molecule has 2 rings (SSSR count). The van der Waals surface area contributed by atoms with Crippen molar-refractivity contribution in [2.45, 2.75) is 12.5 Å². The second kappa shape index (κ2) is 5.50. The van der Waals surface area contributed by atoms with Gasteiger partial charge in [-0.3, -0.25) is 4.79 Å². The normalized spacial score (nSPS) is 22.5. The lowest BCUT2D eigenvalue weighted by atomic mass is 9.92. The van der Waals surface area contributed by atoms with Crippen LogP contribution in [0, 0.1) is 11.7 Å². The third-order valence-electron chi connectivity index (χ3n) is 2.87. The van der Waals surface area contributed by atoms with Crippen LogP contribution < -0.4 is 0 Å². The fourth-order valence-electron chi connectivity index (χ4n) is 1.86. The second-order valence-electron chi connectivity index (χ2n) is 4.02. The van der Waals surface area contributed by atoms with Gasteiger partial charge in [-0.2, -0.15) is 11.8 Å². The Morgan fingerprint density at radius 1 is 1.53 bits per heavy atom. The summed E-state index contributed by atoms with van der Waals surface area (Å²) in [7, 11) is 0. The van der Waals surface area contributed by atoms with E-state index < -0.39 is 6.10 Å². The van der Waals surface area contributed by atoms with Gasteiger partial charge in [-0.1, -0.05) is 6.07 Å². The number of ketones is 1. The van der Waals surface area contributed by atoms with Gasteiger partial charge in [0.05, 0.1) is 16.5 Å². The highest BCUT2D eigenvalue weighted by Gasteiger charge is 2.30. The average molecular weight is 319 g/mol. The molecular weight excluding hydrogens is 307 g/mol. The first-order valence-electron chi connectivity index (χ1n) is 5.33. The minimum atomic E-state index is -0.841. The summed E-state index contributed by atoms with van der Waals surface area (Å²) in [4.78, 5) is 11.7. The number of aliphatic hydroxyl groups is 1. The Bertz CT molecular complexity index is 439. The molecule has 0 aromatic heterocycles. The van der Waals surface area contributed by atoms with Gasteiger partial charge in [-0.05, 0) is 33.6 Å². The van der Waals surface area contributed by atoms with Crippen molar-refractivity contribution >= 4 is 33.5 Å². The molecule has 0 bridgehead atoms. The lowest BCUT2D eigenvalue weighted by Gasteiger charge is -2.25. The summed E-state index contributed by atoms with van der Waals surface area (Å²) in [6.07, 6.45) is -0.332. The van der Waals surface area contributed by atoms with Crippen LogP contribution in [0.2, 0.25) is 0 Å². The zero-order chi connectivity index (χ0) is 12.4. The Kier molecular flexibility index (Phi) is 4.22. The largest absolute Gasteiger partial charge is 0.388 e. The number of carbonyl (C=O) groups is 1. The molecule has 1 aromatic carbocycles. The number of hydrogen-bond acceptors (Lipinski definition) is 3. The molecule has 1 aliphatic rings. The van der Waals surface area contributed by atoms with Crippen molar-refractivity contribution in [2.24, 2.45) is 5.92 Å². The van der Waals surface area contributed by atoms with E-state index in [4.69, 9.17) is 0 Å². The zero-order valence-corrected chi connectivity index (χ0v) is 11.4. The maximum Gasteiger partial charge on any atom is 0.140 e. The van der Waals surface area contributed by atoms with Crippen LogP contribution in [0.3, 0.4) is 0 Å². The Morgan fingerprint density at radius 3 is 2.94 bits per heavy atom. The van der Waals surface area contributed by atoms with Gasteiger partial charge in [0, 0.05) is 17.9 Å². The van der Waals surface area contributed by atoms with Gasteiger partial charge >= 0.3 is 0 Å². The lowest BCUT2D eigenvalue weighted by Crippen LogP contribution is -2.28. The molecule has 0 saturated carbocycles. The van der Waals surface area contributed by atoms with Crippen LogP contribution in [0.25, 0.3) is 0 Å². The highest BCUT2D eigenvalue weighted by atomic mass is 79.9. The molecule has 0 amide bonds. The molecule has 5 heteroatoms. The molecule has 1 aromatic rings. The number of Topliss-reactive ketones (excluding diaryl/α,β-unsaturated/α-hetero) is 1. The standard InChI is InChI=1S/C12H12BrFO2S/c13-9-5-7(1-2-10(9)14)12(16)8-6-17-4-3-11(8)15/h1-2,5,8,12,16H,3-4,6H2/t8-,12+/m1/s1. The predicted octanol–water partition coefficient (Wildman–Crippen LogP) is 2.94. The van der Waals surface area contributed by atoms with Crippen LogP contribution in [-0.2, 0) is 4.79 Å². The third kappa shape index (κ3) is 2.89.